The molecule has 2 unspecified atom stereocenters. The molecule has 1 saturated heterocycles. The molecule has 1 aliphatic rings. The van der Waals surface area contributed by atoms with E-state index in [0.29, 0.717) is 6.42 Å². The van der Waals surface area contributed by atoms with Crippen LogP contribution in [0.15, 0.2) is 22.7 Å². The van der Waals surface area contributed by atoms with E-state index in [1.165, 1.54) is 0 Å². The van der Waals surface area contributed by atoms with Crippen LogP contribution >= 0.6 is 15.9 Å². The molecule has 20 heavy (non-hydrogen) atoms. The SMILES string of the molecule is CCC1(C)NC(=O)C(C)N(c2ccc(C)c(Br)c2)C1=O. The second-order valence-electron chi connectivity index (χ2n) is 5.46. The van der Waals surface area contributed by atoms with Gasteiger partial charge in [0.1, 0.15) is 11.6 Å². The van der Waals surface area contributed by atoms with Gasteiger partial charge in [-0.05, 0) is 44.9 Å². The number of carbonyl (C=O) groups is 2. The quantitative estimate of drug-likeness (QED) is 0.901. The molecule has 4 nitrogen and oxygen atoms in total. The highest BCUT2D eigenvalue weighted by Gasteiger charge is 2.45. The molecule has 0 aliphatic carbocycles. The fraction of sp³-hybridized carbons (Fsp3) is 0.467. The topological polar surface area (TPSA) is 49.4 Å². The smallest absolute Gasteiger partial charge is 0.253 e. The molecule has 2 atom stereocenters. The Kier molecular flexibility index (Phi) is 3.91. The van der Waals surface area contributed by atoms with E-state index < -0.39 is 11.6 Å². The van der Waals surface area contributed by atoms with Crippen LogP contribution in [0, 0.1) is 6.92 Å². The van der Waals surface area contributed by atoms with Crippen molar-refractivity contribution >= 4 is 33.4 Å². The van der Waals surface area contributed by atoms with Gasteiger partial charge in [0.2, 0.25) is 5.91 Å². The molecule has 1 aromatic rings. The Bertz CT molecular complexity index is 573. The Morgan fingerprint density at radius 2 is 2.05 bits per heavy atom. The molecule has 0 aromatic heterocycles. The lowest BCUT2D eigenvalue weighted by molar-refractivity contribution is -0.137. The first-order chi connectivity index (χ1) is 9.30. The van der Waals surface area contributed by atoms with Gasteiger partial charge >= 0.3 is 0 Å². The van der Waals surface area contributed by atoms with E-state index in [9.17, 15) is 9.59 Å². The number of nitrogens with one attached hydrogen (secondary N) is 1. The average Bonchev–Trinajstić information content (AvgIpc) is 2.41. The fourth-order valence-corrected chi connectivity index (χ4v) is 2.67. The van der Waals surface area contributed by atoms with Gasteiger partial charge in [0.05, 0.1) is 0 Å². The van der Waals surface area contributed by atoms with Crippen LogP contribution in [0.25, 0.3) is 0 Å². The van der Waals surface area contributed by atoms with Crippen molar-refractivity contribution in [3.63, 3.8) is 0 Å². The zero-order valence-electron chi connectivity index (χ0n) is 12.2. The monoisotopic (exact) mass is 338 g/mol. The molecule has 2 amide bonds. The molecule has 108 valence electrons. The highest BCUT2D eigenvalue weighted by atomic mass is 79.9. The summed E-state index contributed by atoms with van der Waals surface area (Å²) in [6.07, 6.45) is 0.563. The van der Waals surface area contributed by atoms with E-state index in [-0.39, 0.29) is 11.8 Å². The predicted molar refractivity (Wildman–Crippen MR) is 82.7 cm³/mol. The summed E-state index contributed by atoms with van der Waals surface area (Å²) in [5, 5.41) is 2.83. The van der Waals surface area contributed by atoms with Crippen LogP contribution in [0.2, 0.25) is 0 Å². The Labute approximate surface area is 127 Å². The minimum Gasteiger partial charge on any atom is -0.340 e. The summed E-state index contributed by atoms with van der Waals surface area (Å²) >= 11 is 3.47. The molecule has 1 heterocycles. The zero-order valence-corrected chi connectivity index (χ0v) is 13.7. The van der Waals surface area contributed by atoms with Crippen LogP contribution in [-0.4, -0.2) is 23.4 Å². The maximum atomic E-state index is 12.7. The van der Waals surface area contributed by atoms with Crippen LogP contribution in [0.4, 0.5) is 5.69 Å². The Balaban J connectivity index is 2.48. The second kappa shape index (κ2) is 5.20. The van der Waals surface area contributed by atoms with Crippen molar-refractivity contribution in [1.82, 2.24) is 5.32 Å². The van der Waals surface area contributed by atoms with Crippen molar-refractivity contribution in [3.05, 3.63) is 28.2 Å². The van der Waals surface area contributed by atoms with Crippen LogP contribution in [0.3, 0.4) is 0 Å². The van der Waals surface area contributed by atoms with Crippen molar-refractivity contribution in [2.75, 3.05) is 4.90 Å². The summed E-state index contributed by atoms with van der Waals surface area (Å²) in [5.74, 6) is -0.187. The number of halogens is 1. The largest absolute Gasteiger partial charge is 0.340 e. The summed E-state index contributed by atoms with van der Waals surface area (Å²) < 4.78 is 0.930. The van der Waals surface area contributed by atoms with Crippen LogP contribution in [0.5, 0.6) is 0 Å². The van der Waals surface area contributed by atoms with Crippen molar-refractivity contribution in [2.24, 2.45) is 0 Å². The first kappa shape index (κ1) is 15.0. The summed E-state index contributed by atoms with van der Waals surface area (Å²) in [6.45, 7) is 7.40. The first-order valence-corrected chi connectivity index (χ1v) is 7.51. The number of hydrogen-bond acceptors (Lipinski definition) is 2. The molecular weight excluding hydrogens is 320 g/mol. The lowest BCUT2D eigenvalue weighted by atomic mass is 9.91. The van der Waals surface area contributed by atoms with Crippen LogP contribution in [0.1, 0.15) is 32.8 Å². The molecule has 5 heteroatoms. The molecule has 1 N–H and O–H groups in total. The third kappa shape index (κ3) is 2.35. The molecule has 0 radical (unpaired) electrons. The van der Waals surface area contributed by atoms with E-state index >= 15 is 0 Å². The molecule has 0 bridgehead atoms. The van der Waals surface area contributed by atoms with Crippen LogP contribution < -0.4 is 10.2 Å². The van der Waals surface area contributed by atoms with E-state index in [4.69, 9.17) is 0 Å². The predicted octanol–water partition coefficient (Wildman–Crippen LogP) is 2.78. The van der Waals surface area contributed by atoms with Crippen molar-refractivity contribution in [1.29, 1.82) is 0 Å². The number of rotatable bonds is 2. The first-order valence-electron chi connectivity index (χ1n) is 6.72. The van der Waals surface area contributed by atoms with Gasteiger partial charge in [0, 0.05) is 10.2 Å². The number of carbonyl (C=O) groups excluding carboxylic acids is 2. The average molecular weight is 339 g/mol. The fourth-order valence-electron chi connectivity index (χ4n) is 2.30. The third-order valence-corrected chi connectivity index (χ3v) is 4.85. The van der Waals surface area contributed by atoms with Gasteiger partial charge in [-0.2, -0.15) is 0 Å². The zero-order chi connectivity index (χ0) is 15.1. The van der Waals surface area contributed by atoms with Gasteiger partial charge in [-0.15, -0.1) is 0 Å². The van der Waals surface area contributed by atoms with E-state index in [1.807, 2.05) is 32.0 Å². The van der Waals surface area contributed by atoms with Gasteiger partial charge in [-0.25, -0.2) is 0 Å². The third-order valence-electron chi connectivity index (χ3n) is 4.00. The lowest BCUT2D eigenvalue weighted by Crippen LogP contribution is -2.68. The minimum atomic E-state index is -0.832. The number of anilines is 1. The molecule has 0 saturated carbocycles. The number of amides is 2. The van der Waals surface area contributed by atoms with Gasteiger partial charge in [-0.3, -0.25) is 14.5 Å². The van der Waals surface area contributed by atoms with Gasteiger partial charge in [-0.1, -0.05) is 28.9 Å². The normalized spacial score (nSPS) is 26.6. The number of piperazine rings is 1. The Hall–Kier alpha value is -1.36. The second-order valence-corrected chi connectivity index (χ2v) is 6.31. The molecule has 1 fully saturated rings. The number of hydrogen-bond donors (Lipinski definition) is 1. The van der Waals surface area contributed by atoms with Crippen LogP contribution in [-0.2, 0) is 9.59 Å². The summed E-state index contributed by atoms with van der Waals surface area (Å²) in [5.41, 5.74) is 1.00. The molecule has 1 aromatic carbocycles. The number of nitrogens with zero attached hydrogens (tertiary/aromatic N) is 1. The number of benzene rings is 1. The summed E-state index contributed by atoms with van der Waals surface area (Å²) in [7, 11) is 0. The molecule has 1 aliphatic heterocycles. The molecule has 0 spiro atoms. The standard InChI is InChI=1S/C15H19BrN2O2/c1-5-15(4)14(20)18(10(3)13(19)17-15)11-7-6-9(2)12(16)8-11/h6-8,10H,5H2,1-4H3,(H,17,19). The Morgan fingerprint density at radius 3 is 2.60 bits per heavy atom. The highest BCUT2D eigenvalue weighted by molar-refractivity contribution is 9.10. The molecule has 2 rings (SSSR count). The maximum absolute atomic E-state index is 12.7. The summed E-state index contributed by atoms with van der Waals surface area (Å²) in [6, 6.07) is 5.20. The van der Waals surface area contributed by atoms with E-state index in [0.717, 1.165) is 15.7 Å². The number of aryl methyl sites for hydroxylation is 1. The van der Waals surface area contributed by atoms with Crippen molar-refractivity contribution in [3.8, 4) is 0 Å². The minimum absolute atomic E-state index is 0.0668. The molecular formula is C15H19BrN2O2. The van der Waals surface area contributed by atoms with Crippen molar-refractivity contribution < 1.29 is 9.59 Å². The van der Waals surface area contributed by atoms with E-state index in [2.05, 4.69) is 21.2 Å². The van der Waals surface area contributed by atoms with Gasteiger partial charge in [0.25, 0.3) is 5.91 Å². The van der Waals surface area contributed by atoms with Gasteiger partial charge < -0.3 is 5.32 Å². The highest BCUT2D eigenvalue weighted by Crippen LogP contribution is 2.30. The van der Waals surface area contributed by atoms with Crippen molar-refractivity contribution in [2.45, 2.75) is 45.7 Å². The van der Waals surface area contributed by atoms with E-state index in [1.54, 1.807) is 18.7 Å². The van der Waals surface area contributed by atoms with Gasteiger partial charge in [0.15, 0.2) is 0 Å². The summed E-state index contributed by atoms with van der Waals surface area (Å²) in [4.78, 5) is 26.4. The lowest BCUT2D eigenvalue weighted by Gasteiger charge is -2.43. The Morgan fingerprint density at radius 1 is 1.40 bits per heavy atom. The maximum Gasteiger partial charge on any atom is 0.253 e.